The summed E-state index contributed by atoms with van der Waals surface area (Å²) in [4.78, 5) is 2.18. The van der Waals surface area contributed by atoms with Crippen molar-refractivity contribution in [3.8, 4) is 0 Å². The first-order chi connectivity index (χ1) is 3.13. The van der Waals surface area contributed by atoms with Crippen LogP contribution in [0.2, 0.25) is 0 Å². The smallest absolute Gasteiger partial charge is 0.0141 e. The fourth-order valence-electron chi connectivity index (χ4n) is 0.540. The van der Waals surface area contributed by atoms with Crippen molar-refractivity contribution in [2.45, 2.75) is 0 Å². The van der Waals surface area contributed by atoms with E-state index < -0.39 is 0 Å². The highest BCUT2D eigenvalue weighted by Gasteiger charge is 1.83. The van der Waals surface area contributed by atoms with Gasteiger partial charge in [0.15, 0.2) is 0 Å². The summed E-state index contributed by atoms with van der Waals surface area (Å²) >= 11 is 0. The summed E-state index contributed by atoms with van der Waals surface area (Å²) in [6, 6.07) is 0. The van der Waals surface area contributed by atoms with Crippen LogP contribution in [0.1, 0.15) is 0 Å². The van der Waals surface area contributed by atoms with Gasteiger partial charge in [0.05, 0.1) is 0 Å². The average Bonchev–Trinajstić information content (AvgIpc) is 1.27. The zero-order chi connectivity index (χ0) is 5.86. The lowest BCUT2D eigenvalue weighted by Gasteiger charge is -2.07. The van der Waals surface area contributed by atoms with Gasteiger partial charge in [-0.15, -0.1) is 13.8 Å². The van der Waals surface area contributed by atoms with Gasteiger partial charge in [-0.1, -0.05) is 0 Å². The van der Waals surface area contributed by atoms with E-state index in [0.717, 1.165) is 0 Å². The van der Waals surface area contributed by atoms with Crippen molar-refractivity contribution in [2.75, 3.05) is 27.0 Å². The molecular formula is C5H14NP. The quantitative estimate of drug-likeness (QED) is 0.485. The third-order valence-corrected chi connectivity index (χ3v) is 1.76. The number of hydrogen-bond donors (Lipinski definition) is 0. The van der Waals surface area contributed by atoms with Crippen molar-refractivity contribution in [2.24, 2.45) is 0 Å². The van der Waals surface area contributed by atoms with Crippen LogP contribution >= 0.6 is 7.55 Å². The minimum Gasteiger partial charge on any atom is -0.306 e. The minimum atomic E-state index is -0.258. The molecule has 1 unspecified atom stereocenters. The maximum atomic E-state index is 3.94. The zero-order valence-electron chi connectivity index (χ0n) is 5.36. The van der Waals surface area contributed by atoms with Gasteiger partial charge in [-0.25, -0.2) is 0 Å². The predicted octanol–water partition coefficient (Wildman–Crippen LogP) is 0.782. The van der Waals surface area contributed by atoms with E-state index in [1.54, 1.807) is 0 Å². The summed E-state index contributed by atoms with van der Waals surface area (Å²) in [6.07, 6.45) is 5.12. The molecule has 44 valence electrons. The Morgan fingerprint density at radius 1 is 1.57 bits per heavy atom. The molecule has 0 aromatic heterocycles. The average molecular weight is 119 g/mol. The molecule has 0 saturated carbocycles. The maximum absolute atomic E-state index is 3.94. The Morgan fingerprint density at radius 3 is 2.00 bits per heavy atom. The molecule has 0 saturated heterocycles. The zero-order valence-corrected chi connectivity index (χ0v) is 6.36. The molecule has 0 fully saturated rings. The van der Waals surface area contributed by atoms with Crippen LogP contribution in [-0.2, 0) is 0 Å². The molecule has 1 atom stereocenters. The van der Waals surface area contributed by atoms with Gasteiger partial charge in [0.2, 0.25) is 0 Å². The second kappa shape index (κ2) is 3.29. The Morgan fingerprint density at radius 2 is 2.00 bits per heavy atom. The summed E-state index contributed by atoms with van der Waals surface area (Å²) in [5.74, 6) is 0. The summed E-state index contributed by atoms with van der Waals surface area (Å²) in [5.41, 5.74) is 0. The molecule has 0 aliphatic heterocycles. The molecular weight excluding hydrogens is 105 g/mol. The Labute approximate surface area is 46.7 Å². The molecule has 1 nitrogen and oxygen atoms in total. The highest BCUT2D eigenvalue weighted by atomic mass is 31.1. The number of hydrogen-bond acceptors (Lipinski definition) is 1. The Bertz CT molecular complexity index is 68.5. The Hall–Kier alpha value is 0.260. The van der Waals surface area contributed by atoms with Crippen molar-refractivity contribution in [3.05, 3.63) is 0 Å². The lowest BCUT2D eigenvalue weighted by Crippen LogP contribution is -2.09. The molecule has 0 aromatic carbocycles. The van der Waals surface area contributed by atoms with Crippen LogP contribution in [0.3, 0.4) is 0 Å². The van der Waals surface area contributed by atoms with Gasteiger partial charge in [-0.05, 0) is 20.8 Å². The first-order valence-electron chi connectivity index (χ1n) is 2.42. The van der Waals surface area contributed by atoms with Crippen LogP contribution in [0.15, 0.2) is 0 Å². The third kappa shape index (κ3) is 6.26. The van der Waals surface area contributed by atoms with E-state index in [9.17, 15) is 0 Å². The van der Waals surface area contributed by atoms with Crippen LogP contribution in [0.5, 0.6) is 0 Å². The van der Waals surface area contributed by atoms with E-state index in [-0.39, 0.29) is 7.55 Å². The first kappa shape index (κ1) is 7.26. The molecule has 0 aromatic rings. The van der Waals surface area contributed by atoms with Gasteiger partial charge in [-0.3, -0.25) is 0 Å². The minimum absolute atomic E-state index is 0.258. The van der Waals surface area contributed by atoms with Crippen LogP contribution in [0.25, 0.3) is 0 Å². The standard InChI is InChI=1S/C5H14NP/c1-6(2)5-7(3)4/h7H,3,5H2,1-2,4H3. The van der Waals surface area contributed by atoms with Gasteiger partial charge in [0.1, 0.15) is 0 Å². The van der Waals surface area contributed by atoms with Gasteiger partial charge < -0.3 is 4.90 Å². The fourth-order valence-corrected chi connectivity index (χ4v) is 1.62. The monoisotopic (exact) mass is 119 g/mol. The van der Waals surface area contributed by atoms with Crippen LogP contribution in [-0.4, -0.2) is 38.2 Å². The SMILES string of the molecule is C=[PH](C)CN(C)C. The summed E-state index contributed by atoms with van der Waals surface area (Å²) < 4.78 is 0. The molecule has 0 amide bonds. The molecule has 0 rings (SSSR count). The highest BCUT2D eigenvalue weighted by Crippen LogP contribution is 2.11. The molecule has 0 N–H and O–H groups in total. The van der Waals surface area contributed by atoms with Crippen molar-refractivity contribution < 1.29 is 0 Å². The van der Waals surface area contributed by atoms with Crippen molar-refractivity contribution >= 4 is 13.8 Å². The molecule has 0 spiro atoms. The first-order valence-corrected chi connectivity index (χ1v) is 4.83. The van der Waals surface area contributed by atoms with E-state index in [0.29, 0.717) is 0 Å². The maximum Gasteiger partial charge on any atom is 0.0141 e. The summed E-state index contributed by atoms with van der Waals surface area (Å²) in [7, 11) is 3.91. The summed E-state index contributed by atoms with van der Waals surface area (Å²) in [5, 5.41) is 0. The molecule has 7 heavy (non-hydrogen) atoms. The van der Waals surface area contributed by atoms with E-state index in [1.807, 2.05) is 0 Å². The van der Waals surface area contributed by atoms with Gasteiger partial charge in [0.25, 0.3) is 0 Å². The molecule has 0 aliphatic rings. The Balaban J connectivity index is 3.13. The molecule has 0 heterocycles. The highest BCUT2D eigenvalue weighted by molar-refractivity contribution is 7.54. The number of rotatable bonds is 2. The Kier molecular flexibility index (Phi) is 3.41. The van der Waals surface area contributed by atoms with E-state index in [1.165, 1.54) is 6.29 Å². The fraction of sp³-hybridized carbons (Fsp3) is 0.800. The van der Waals surface area contributed by atoms with Gasteiger partial charge >= 0.3 is 0 Å². The molecule has 0 bridgehead atoms. The van der Waals surface area contributed by atoms with Crippen molar-refractivity contribution in [1.29, 1.82) is 0 Å². The van der Waals surface area contributed by atoms with Crippen molar-refractivity contribution in [1.82, 2.24) is 4.90 Å². The predicted molar refractivity (Wildman–Crippen MR) is 39.9 cm³/mol. The van der Waals surface area contributed by atoms with Crippen LogP contribution in [0.4, 0.5) is 0 Å². The van der Waals surface area contributed by atoms with Crippen LogP contribution < -0.4 is 0 Å². The molecule has 0 aliphatic carbocycles. The van der Waals surface area contributed by atoms with E-state index >= 15 is 0 Å². The van der Waals surface area contributed by atoms with Gasteiger partial charge in [0, 0.05) is 6.29 Å². The van der Waals surface area contributed by atoms with E-state index in [2.05, 4.69) is 32.0 Å². The lowest BCUT2D eigenvalue weighted by atomic mass is 11.0. The van der Waals surface area contributed by atoms with Gasteiger partial charge in [-0.2, -0.15) is 0 Å². The van der Waals surface area contributed by atoms with E-state index in [4.69, 9.17) is 0 Å². The molecule has 2 heteroatoms. The third-order valence-electron chi connectivity index (χ3n) is 0.586. The second-order valence-corrected chi connectivity index (χ2v) is 4.43. The largest absolute Gasteiger partial charge is 0.306 e. The lowest BCUT2D eigenvalue weighted by molar-refractivity contribution is 0.483. The number of nitrogens with zero attached hydrogens (tertiary/aromatic N) is 1. The normalized spacial score (nSPS) is 14.9. The summed E-state index contributed by atoms with van der Waals surface area (Å²) in [6.45, 7) is 2.21. The molecule has 0 radical (unpaired) electrons. The second-order valence-electron chi connectivity index (χ2n) is 2.19. The topological polar surface area (TPSA) is 3.24 Å². The van der Waals surface area contributed by atoms with Crippen LogP contribution in [0, 0.1) is 0 Å². The van der Waals surface area contributed by atoms with Crippen molar-refractivity contribution in [3.63, 3.8) is 0 Å².